The molecule has 2 aromatic rings. The van der Waals surface area contributed by atoms with Gasteiger partial charge < -0.3 is 9.84 Å². The van der Waals surface area contributed by atoms with Crippen molar-refractivity contribution < 1.29 is 14.6 Å². The van der Waals surface area contributed by atoms with Gasteiger partial charge in [-0.15, -0.1) is 0 Å². The minimum Gasteiger partial charge on any atom is -0.488 e. The van der Waals surface area contributed by atoms with Gasteiger partial charge in [0.15, 0.2) is 0 Å². The molecule has 0 aliphatic rings. The highest BCUT2D eigenvalue weighted by molar-refractivity contribution is 5.87. The van der Waals surface area contributed by atoms with Crippen LogP contribution in [0.3, 0.4) is 0 Å². The molecule has 0 spiro atoms. The van der Waals surface area contributed by atoms with E-state index in [-0.39, 0.29) is 5.56 Å². The number of aromatic carboxylic acids is 1. The van der Waals surface area contributed by atoms with E-state index >= 15 is 0 Å². The van der Waals surface area contributed by atoms with Gasteiger partial charge in [0, 0.05) is 0 Å². The van der Waals surface area contributed by atoms with Gasteiger partial charge in [0.2, 0.25) is 0 Å². The Morgan fingerprint density at radius 3 is 2.10 bits per heavy atom. The summed E-state index contributed by atoms with van der Waals surface area (Å²) in [4.78, 5) is 10.8. The maximum Gasteiger partial charge on any atom is 0.335 e. The number of hydrogen-bond acceptors (Lipinski definition) is 2. The van der Waals surface area contributed by atoms with Gasteiger partial charge in [-0.2, -0.15) is 0 Å². The van der Waals surface area contributed by atoms with E-state index in [0.717, 1.165) is 22.4 Å². The summed E-state index contributed by atoms with van der Waals surface area (Å²) in [6.45, 7) is 6.56. The Kier molecular flexibility index (Phi) is 4.08. The van der Waals surface area contributed by atoms with E-state index < -0.39 is 5.97 Å². The Bertz CT molecular complexity index is 604. The molecule has 0 radical (unpaired) electrons. The van der Waals surface area contributed by atoms with Gasteiger partial charge >= 0.3 is 5.97 Å². The fourth-order valence-corrected chi connectivity index (χ4v) is 2.29. The summed E-state index contributed by atoms with van der Waals surface area (Å²) in [5.74, 6) is -0.0133. The molecule has 0 amide bonds. The van der Waals surface area contributed by atoms with Crippen molar-refractivity contribution in [2.24, 2.45) is 0 Å². The lowest BCUT2D eigenvalue weighted by molar-refractivity contribution is 0.0697. The van der Waals surface area contributed by atoms with Gasteiger partial charge in [-0.1, -0.05) is 29.8 Å². The number of ether oxygens (including phenoxy) is 1. The summed E-state index contributed by atoms with van der Waals surface area (Å²) in [5.41, 5.74) is 4.69. The van der Waals surface area contributed by atoms with Gasteiger partial charge in [-0.25, -0.2) is 4.79 Å². The molecule has 20 heavy (non-hydrogen) atoms. The molecule has 0 bridgehead atoms. The topological polar surface area (TPSA) is 46.5 Å². The molecule has 0 aliphatic heterocycles. The van der Waals surface area contributed by atoms with E-state index in [1.807, 2.05) is 13.8 Å². The van der Waals surface area contributed by atoms with Crippen LogP contribution in [0.4, 0.5) is 0 Å². The molecule has 2 rings (SSSR count). The number of carboxylic acids is 1. The van der Waals surface area contributed by atoms with Crippen LogP contribution >= 0.6 is 0 Å². The van der Waals surface area contributed by atoms with Crippen molar-refractivity contribution in [3.8, 4) is 5.75 Å². The number of hydrogen-bond donors (Lipinski definition) is 1. The molecule has 1 N–H and O–H groups in total. The predicted octanol–water partition coefficient (Wildman–Crippen LogP) is 3.89. The highest BCUT2D eigenvalue weighted by Crippen LogP contribution is 2.25. The second kappa shape index (κ2) is 5.78. The summed E-state index contributed by atoms with van der Waals surface area (Å²) in [5, 5.41) is 8.85. The SMILES string of the molecule is Cc1cc(C)c(OCc2ccc(C(=O)O)cc2)c(C)c1. The van der Waals surface area contributed by atoms with Gasteiger partial charge in [0.05, 0.1) is 5.56 Å². The molecular weight excluding hydrogens is 252 g/mol. The minimum atomic E-state index is -0.914. The Balaban J connectivity index is 2.11. The number of aryl methyl sites for hydroxylation is 3. The van der Waals surface area contributed by atoms with Crippen molar-refractivity contribution in [1.29, 1.82) is 0 Å². The number of benzene rings is 2. The van der Waals surface area contributed by atoms with Crippen molar-refractivity contribution >= 4 is 5.97 Å². The highest BCUT2D eigenvalue weighted by Gasteiger charge is 2.06. The quantitative estimate of drug-likeness (QED) is 0.916. The van der Waals surface area contributed by atoms with E-state index in [4.69, 9.17) is 9.84 Å². The zero-order valence-corrected chi connectivity index (χ0v) is 11.9. The summed E-state index contributed by atoms with van der Waals surface area (Å²) < 4.78 is 5.86. The molecular formula is C17H18O3. The lowest BCUT2D eigenvalue weighted by Crippen LogP contribution is -2.01. The van der Waals surface area contributed by atoms with Crippen LogP contribution in [0.5, 0.6) is 5.75 Å². The van der Waals surface area contributed by atoms with Crippen molar-refractivity contribution in [3.05, 3.63) is 64.2 Å². The Hall–Kier alpha value is -2.29. The summed E-state index contributed by atoms with van der Waals surface area (Å²) in [6.07, 6.45) is 0. The van der Waals surface area contributed by atoms with Crippen molar-refractivity contribution in [1.82, 2.24) is 0 Å². The first-order chi connectivity index (χ1) is 9.47. The van der Waals surface area contributed by atoms with Crippen LogP contribution in [0.1, 0.15) is 32.6 Å². The zero-order chi connectivity index (χ0) is 14.7. The molecule has 3 heteroatoms. The Labute approximate surface area is 118 Å². The second-order valence-corrected chi connectivity index (χ2v) is 5.02. The maximum absolute atomic E-state index is 10.8. The first-order valence-corrected chi connectivity index (χ1v) is 6.50. The summed E-state index contributed by atoms with van der Waals surface area (Å²) in [6, 6.07) is 10.9. The Morgan fingerprint density at radius 2 is 1.60 bits per heavy atom. The van der Waals surface area contributed by atoms with Gasteiger partial charge in [0.25, 0.3) is 0 Å². The summed E-state index contributed by atoms with van der Waals surface area (Å²) >= 11 is 0. The first kappa shape index (κ1) is 14.1. The standard InChI is InChI=1S/C17H18O3/c1-11-8-12(2)16(13(3)9-11)20-10-14-4-6-15(7-5-14)17(18)19/h4-9H,10H2,1-3H3,(H,18,19). The molecule has 0 aliphatic carbocycles. The van der Waals surface area contributed by atoms with Gasteiger partial charge in [0.1, 0.15) is 12.4 Å². The zero-order valence-electron chi connectivity index (χ0n) is 11.9. The summed E-state index contributed by atoms with van der Waals surface area (Å²) in [7, 11) is 0. The smallest absolute Gasteiger partial charge is 0.335 e. The molecule has 104 valence electrons. The fourth-order valence-electron chi connectivity index (χ4n) is 2.29. The number of carboxylic acid groups (broad SMARTS) is 1. The normalized spacial score (nSPS) is 10.3. The van der Waals surface area contributed by atoms with Crippen LogP contribution < -0.4 is 4.74 Å². The minimum absolute atomic E-state index is 0.288. The van der Waals surface area contributed by atoms with Gasteiger partial charge in [-0.3, -0.25) is 0 Å². The average Bonchev–Trinajstić information content (AvgIpc) is 2.38. The van der Waals surface area contributed by atoms with E-state index in [0.29, 0.717) is 6.61 Å². The molecule has 3 nitrogen and oxygen atoms in total. The van der Waals surface area contributed by atoms with Crippen LogP contribution in [-0.2, 0) is 6.61 Å². The predicted molar refractivity (Wildman–Crippen MR) is 78.4 cm³/mol. The molecule has 2 aromatic carbocycles. The van der Waals surface area contributed by atoms with E-state index in [9.17, 15) is 4.79 Å². The van der Waals surface area contributed by atoms with E-state index in [2.05, 4.69) is 19.1 Å². The number of rotatable bonds is 4. The highest BCUT2D eigenvalue weighted by atomic mass is 16.5. The van der Waals surface area contributed by atoms with E-state index in [1.54, 1.807) is 24.3 Å². The monoisotopic (exact) mass is 270 g/mol. The van der Waals surface area contributed by atoms with Crippen molar-refractivity contribution in [2.75, 3.05) is 0 Å². The molecule has 0 heterocycles. The van der Waals surface area contributed by atoms with Crippen molar-refractivity contribution in [2.45, 2.75) is 27.4 Å². The van der Waals surface area contributed by atoms with E-state index in [1.165, 1.54) is 5.56 Å². The average molecular weight is 270 g/mol. The molecule has 0 saturated carbocycles. The third-order valence-corrected chi connectivity index (χ3v) is 3.19. The second-order valence-electron chi connectivity index (χ2n) is 5.02. The number of carbonyl (C=O) groups is 1. The molecule has 0 fully saturated rings. The third kappa shape index (κ3) is 3.18. The largest absolute Gasteiger partial charge is 0.488 e. The lowest BCUT2D eigenvalue weighted by Gasteiger charge is -2.13. The van der Waals surface area contributed by atoms with Crippen LogP contribution in [0.15, 0.2) is 36.4 Å². The molecule has 0 saturated heterocycles. The third-order valence-electron chi connectivity index (χ3n) is 3.19. The maximum atomic E-state index is 10.8. The van der Waals surface area contributed by atoms with Crippen LogP contribution in [0.2, 0.25) is 0 Å². The lowest BCUT2D eigenvalue weighted by atomic mass is 10.1. The van der Waals surface area contributed by atoms with Crippen LogP contribution in [0, 0.1) is 20.8 Å². The van der Waals surface area contributed by atoms with Crippen LogP contribution in [-0.4, -0.2) is 11.1 Å². The van der Waals surface area contributed by atoms with Crippen LogP contribution in [0.25, 0.3) is 0 Å². The Morgan fingerprint density at radius 1 is 1.05 bits per heavy atom. The molecule has 0 aromatic heterocycles. The van der Waals surface area contributed by atoms with Gasteiger partial charge in [-0.05, 0) is 49.6 Å². The fraction of sp³-hybridized carbons (Fsp3) is 0.235. The molecule has 0 unspecified atom stereocenters. The first-order valence-electron chi connectivity index (χ1n) is 6.50. The van der Waals surface area contributed by atoms with Crippen molar-refractivity contribution in [3.63, 3.8) is 0 Å². The molecule has 0 atom stereocenters.